The van der Waals surface area contributed by atoms with Crippen molar-refractivity contribution in [2.75, 3.05) is 80.1 Å². The normalized spacial score (nSPS) is 16.5. The third kappa shape index (κ3) is 10.2. The van der Waals surface area contributed by atoms with Gasteiger partial charge < -0.3 is 50.7 Å². The summed E-state index contributed by atoms with van der Waals surface area (Å²) in [4.78, 5) is 79.9. The largest absolute Gasteiger partial charge is 0.426 e. The average molecular weight is 865 g/mol. The van der Waals surface area contributed by atoms with Crippen LogP contribution in [0.5, 0.6) is 0 Å². The second-order valence-corrected chi connectivity index (χ2v) is 17.4. The summed E-state index contributed by atoms with van der Waals surface area (Å²) >= 11 is 0. The molecule has 0 aliphatic carbocycles. The van der Waals surface area contributed by atoms with Crippen LogP contribution >= 0.6 is 0 Å². The zero-order valence-corrected chi connectivity index (χ0v) is 36.9. The summed E-state index contributed by atoms with van der Waals surface area (Å²) < 4.78 is 14.0. The van der Waals surface area contributed by atoms with Gasteiger partial charge in [-0.2, -0.15) is 0 Å². The van der Waals surface area contributed by atoms with E-state index < -0.39 is 54.1 Å². The van der Waals surface area contributed by atoms with Crippen molar-refractivity contribution >= 4 is 73.5 Å². The van der Waals surface area contributed by atoms with Gasteiger partial charge in [-0.25, -0.2) is 9.78 Å². The van der Waals surface area contributed by atoms with E-state index in [1.54, 1.807) is 20.9 Å². The topological polar surface area (TPSA) is 210 Å². The highest BCUT2D eigenvalue weighted by molar-refractivity contribution is 6.21. The van der Waals surface area contributed by atoms with Crippen molar-refractivity contribution in [3.05, 3.63) is 65.6 Å². The number of ether oxygens (including phenoxy) is 2. The third-order valence-electron chi connectivity index (χ3n) is 12.1. The van der Waals surface area contributed by atoms with E-state index in [9.17, 15) is 24.0 Å². The maximum absolute atomic E-state index is 14.0. The molecule has 63 heavy (non-hydrogen) atoms. The van der Waals surface area contributed by atoms with E-state index in [-0.39, 0.29) is 25.6 Å². The molecule has 1 saturated heterocycles. The molecule has 17 heteroatoms. The highest BCUT2D eigenvalue weighted by Crippen LogP contribution is 2.34. The number of primary amides is 1. The molecule has 0 saturated carbocycles. The number of amides is 4. The molecule has 7 rings (SSSR count). The molecule has 17 nitrogen and oxygen atoms in total. The zero-order chi connectivity index (χ0) is 44.9. The Labute approximate surface area is 366 Å². The molecule has 5 aromatic rings. The van der Waals surface area contributed by atoms with E-state index in [2.05, 4.69) is 44.8 Å². The van der Waals surface area contributed by atoms with Gasteiger partial charge in [0.25, 0.3) is 0 Å². The van der Waals surface area contributed by atoms with E-state index in [1.165, 1.54) is 4.90 Å². The Hall–Kier alpha value is -5.72. The summed E-state index contributed by atoms with van der Waals surface area (Å²) in [6, 6.07) is 11.0. The Balaban J connectivity index is 1.02. The number of esters is 1. The van der Waals surface area contributed by atoms with Gasteiger partial charge in [0, 0.05) is 79.8 Å². The van der Waals surface area contributed by atoms with E-state index in [1.807, 2.05) is 53.9 Å². The number of rotatable bonds is 19. The lowest BCUT2D eigenvalue weighted by molar-refractivity contribution is -0.146. The first kappa shape index (κ1) is 45.3. The molecular formula is C46H60N10O7. The summed E-state index contributed by atoms with van der Waals surface area (Å²) in [5, 5.41) is 10.6. The number of likely N-dealkylation sites (N-methyl/N-ethyl adjacent to an activating group) is 3. The predicted molar refractivity (Wildman–Crippen MR) is 241 cm³/mol. The van der Waals surface area contributed by atoms with E-state index in [0.717, 1.165) is 68.5 Å². The molecule has 2 aromatic carbocycles. The van der Waals surface area contributed by atoms with Gasteiger partial charge in [0.15, 0.2) is 0 Å². The van der Waals surface area contributed by atoms with Crippen LogP contribution < -0.4 is 27.3 Å². The maximum atomic E-state index is 14.0. The van der Waals surface area contributed by atoms with Gasteiger partial charge in [-0.15, -0.1) is 0 Å². The molecule has 3 aromatic heterocycles. The van der Waals surface area contributed by atoms with Crippen molar-refractivity contribution in [2.24, 2.45) is 17.4 Å². The minimum atomic E-state index is -1.26. The Bertz CT molecular complexity index is 2570. The van der Waals surface area contributed by atoms with Gasteiger partial charge in [-0.1, -0.05) is 44.2 Å². The van der Waals surface area contributed by atoms with Crippen LogP contribution in [0.2, 0.25) is 0 Å². The quantitative estimate of drug-likeness (QED) is 0.0856. The zero-order valence-electron chi connectivity index (χ0n) is 36.9. The molecule has 0 unspecified atom stereocenters. The van der Waals surface area contributed by atoms with Crippen LogP contribution in [0.25, 0.3) is 43.9 Å². The molecule has 6 N–H and O–H groups in total. The number of nitrogens with one attached hydrogen (secondary N) is 2. The number of benzene rings is 2. The summed E-state index contributed by atoms with van der Waals surface area (Å²) in [5.74, 6) is -3.08. The molecule has 2 aliphatic heterocycles. The molecule has 0 radical (unpaired) electrons. The van der Waals surface area contributed by atoms with E-state index >= 15 is 0 Å². The first-order chi connectivity index (χ1) is 30.2. The van der Waals surface area contributed by atoms with Crippen molar-refractivity contribution in [1.29, 1.82) is 0 Å². The SMILES string of the molecule is CC(C)[C@H](NC(=O)[C@@H]1CCCN1C(=O)[C@H](CC(N)=O)NC(=O)CN(C)CCN(C)CCN(C)CCN)C(=O)OC1=c2cc3c4nc5cccc6cccc(c4cn3cc2COC1)c65. The molecule has 4 amide bonds. The third-order valence-corrected chi connectivity index (χ3v) is 12.1. The van der Waals surface area contributed by atoms with E-state index in [4.69, 9.17) is 25.9 Å². The lowest BCUT2D eigenvalue weighted by Gasteiger charge is -2.30. The monoisotopic (exact) mass is 864 g/mol. The second-order valence-electron chi connectivity index (χ2n) is 17.4. The first-order valence-corrected chi connectivity index (χ1v) is 21.7. The lowest BCUT2D eigenvalue weighted by Crippen LogP contribution is -2.57. The summed E-state index contributed by atoms with van der Waals surface area (Å²) in [6.45, 7) is 8.58. The number of nitrogens with two attached hydrogens (primary N) is 2. The number of aromatic nitrogens is 2. The average Bonchev–Trinajstić information content (AvgIpc) is 3.88. The smallest absolute Gasteiger partial charge is 0.334 e. The molecular weight excluding hydrogens is 805 g/mol. The Morgan fingerprint density at radius 1 is 0.921 bits per heavy atom. The highest BCUT2D eigenvalue weighted by Gasteiger charge is 2.40. The summed E-state index contributed by atoms with van der Waals surface area (Å²) in [5.41, 5.74) is 14.6. The van der Waals surface area contributed by atoms with Gasteiger partial charge in [0.2, 0.25) is 23.6 Å². The van der Waals surface area contributed by atoms with Crippen LogP contribution in [0.4, 0.5) is 0 Å². The Morgan fingerprint density at radius 2 is 1.63 bits per heavy atom. The van der Waals surface area contributed by atoms with Crippen molar-refractivity contribution in [3.8, 4) is 0 Å². The van der Waals surface area contributed by atoms with Crippen molar-refractivity contribution in [2.45, 2.75) is 57.8 Å². The van der Waals surface area contributed by atoms with Gasteiger partial charge in [-0.3, -0.25) is 24.1 Å². The lowest BCUT2D eigenvalue weighted by atomic mass is 10.0. The number of hydrogen-bond donors (Lipinski definition) is 4. The van der Waals surface area contributed by atoms with Gasteiger partial charge >= 0.3 is 5.97 Å². The van der Waals surface area contributed by atoms with Crippen LogP contribution in [0.3, 0.4) is 0 Å². The number of fused-ring (bicyclic) bond motifs is 5. The number of nitrogens with zero attached hydrogens (tertiary/aromatic N) is 6. The van der Waals surface area contributed by atoms with Crippen LogP contribution in [-0.4, -0.2) is 157 Å². The van der Waals surface area contributed by atoms with E-state index in [0.29, 0.717) is 44.8 Å². The maximum Gasteiger partial charge on any atom is 0.334 e. The Morgan fingerprint density at radius 3 is 2.35 bits per heavy atom. The fourth-order valence-electron chi connectivity index (χ4n) is 8.64. The van der Waals surface area contributed by atoms with Crippen molar-refractivity contribution < 1.29 is 33.4 Å². The number of carbonyl (C=O) groups excluding carboxylic acids is 5. The van der Waals surface area contributed by atoms with Crippen LogP contribution in [0.15, 0.2) is 54.9 Å². The molecule has 0 bridgehead atoms. The Kier molecular flexibility index (Phi) is 14.2. The summed E-state index contributed by atoms with van der Waals surface area (Å²) in [7, 11) is 5.83. The first-order valence-electron chi connectivity index (χ1n) is 21.7. The van der Waals surface area contributed by atoms with Crippen molar-refractivity contribution in [3.63, 3.8) is 0 Å². The molecule has 5 heterocycles. The molecule has 2 aliphatic rings. The fourth-order valence-corrected chi connectivity index (χ4v) is 8.64. The number of likely N-dealkylation sites (tertiary alicyclic amines) is 1. The van der Waals surface area contributed by atoms with Crippen LogP contribution in [0, 0.1) is 5.92 Å². The number of carbonyl (C=O) groups is 5. The minimum absolute atomic E-state index is 0.0144. The van der Waals surface area contributed by atoms with Gasteiger partial charge in [-0.05, 0) is 62.8 Å². The minimum Gasteiger partial charge on any atom is -0.426 e. The predicted octanol–water partition coefficient (Wildman–Crippen LogP) is 0.941. The van der Waals surface area contributed by atoms with Crippen molar-refractivity contribution in [1.82, 2.24) is 39.6 Å². The summed E-state index contributed by atoms with van der Waals surface area (Å²) in [6.07, 6.45) is 4.44. The highest BCUT2D eigenvalue weighted by atomic mass is 16.6. The molecule has 336 valence electrons. The number of hydrogen-bond acceptors (Lipinski definition) is 12. The van der Waals surface area contributed by atoms with Crippen LogP contribution in [-0.2, 0) is 40.1 Å². The molecule has 0 spiro atoms. The van der Waals surface area contributed by atoms with Gasteiger partial charge in [0.05, 0.1) is 36.1 Å². The van der Waals surface area contributed by atoms with Gasteiger partial charge in [0.1, 0.15) is 30.5 Å². The molecule has 3 atom stereocenters. The fraction of sp³-hybridized carbons (Fsp3) is 0.478. The number of pyridine rings is 2. The van der Waals surface area contributed by atoms with Crippen LogP contribution in [0.1, 0.15) is 38.7 Å². The standard InChI is InChI=1S/C46H60N10O7/c1-28(2)42(46(61)63-38-27-62-26-30-23-55-24-33-31-11-6-9-29-10-7-12-34(41(29)31)50-43(33)37(55)21-32(30)38)51-44(59)36-13-8-15-56(36)45(60)35(22-39(48)57)49-40(58)25-54(5)20-19-53(4)18-17-52(3)16-14-47/h6-7,9-12,21,23-24,28,35-36,42H,8,13-20,22,25-27,47H2,1-5H3,(H2,48,57)(H,49,58)(H,51,59)/t35-,36-,42-/m0/s1. The molecule has 1 fully saturated rings. The second kappa shape index (κ2) is 19.8.